The highest BCUT2D eigenvalue weighted by Crippen LogP contribution is 2.27. The third kappa shape index (κ3) is 2.51. The van der Waals surface area contributed by atoms with Crippen molar-refractivity contribution in [2.45, 2.75) is 26.7 Å². The van der Waals surface area contributed by atoms with Gasteiger partial charge in [0.15, 0.2) is 5.78 Å². The molecule has 86 valence electrons. The quantitative estimate of drug-likeness (QED) is 0.559. The van der Waals surface area contributed by atoms with Gasteiger partial charge in [-0.15, -0.1) is 6.58 Å². The summed E-state index contributed by atoms with van der Waals surface area (Å²) in [6, 6.07) is 3.92. The SMILES string of the molecule is C=CCc1cc(C)cc(C(=O)CC)c1OC. The van der Waals surface area contributed by atoms with E-state index >= 15 is 0 Å². The van der Waals surface area contributed by atoms with Crippen molar-refractivity contribution in [3.63, 3.8) is 0 Å². The molecule has 1 rings (SSSR count). The summed E-state index contributed by atoms with van der Waals surface area (Å²) in [5, 5.41) is 0. The molecule has 0 saturated heterocycles. The molecule has 1 aromatic rings. The Balaban J connectivity index is 3.34. The lowest BCUT2D eigenvalue weighted by Gasteiger charge is -2.13. The van der Waals surface area contributed by atoms with Gasteiger partial charge in [0.2, 0.25) is 0 Å². The van der Waals surface area contributed by atoms with E-state index in [0.29, 0.717) is 17.7 Å². The number of allylic oxidation sites excluding steroid dienone is 1. The van der Waals surface area contributed by atoms with Crippen molar-refractivity contribution in [3.05, 3.63) is 41.5 Å². The summed E-state index contributed by atoms with van der Waals surface area (Å²) in [6.07, 6.45) is 3.03. The Hall–Kier alpha value is -1.57. The molecule has 0 fully saturated rings. The molecule has 0 unspecified atom stereocenters. The summed E-state index contributed by atoms with van der Waals surface area (Å²) in [5.41, 5.74) is 2.78. The molecule has 0 aliphatic carbocycles. The highest BCUT2D eigenvalue weighted by Gasteiger charge is 2.14. The first kappa shape index (κ1) is 12.5. The van der Waals surface area contributed by atoms with Gasteiger partial charge in [0.25, 0.3) is 0 Å². The number of aryl methyl sites for hydroxylation is 1. The first-order valence-electron chi connectivity index (χ1n) is 5.45. The second-order valence-electron chi connectivity index (χ2n) is 3.77. The molecule has 1 aromatic carbocycles. The molecule has 0 bridgehead atoms. The highest BCUT2D eigenvalue weighted by molar-refractivity contribution is 5.99. The Bertz CT molecular complexity index is 405. The molecule has 0 radical (unpaired) electrons. The number of hydrogen-bond acceptors (Lipinski definition) is 2. The fourth-order valence-electron chi connectivity index (χ4n) is 1.79. The van der Waals surface area contributed by atoms with Crippen molar-refractivity contribution in [1.82, 2.24) is 0 Å². The van der Waals surface area contributed by atoms with Gasteiger partial charge in [0.05, 0.1) is 12.7 Å². The summed E-state index contributed by atoms with van der Waals surface area (Å²) < 4.78 is 5.34. The number of ketones is 1. The minimum Gasteiger partial charge on any atom is -0.496 e. The van der Waals surface area contributed by atoms with Crippen molar-refractivity contribution in [2.24, 2.45) is 0 Å². The van der Waals surface area contributed by atoms with Crippen molar-refractivity contribution in [1.29, 1.82) is 0 Å². The van der Waals surface area contributed by atoms with E-state index in [4.69, 9.17) is 4.74 Å². The lowest BCUT2D eigenvalue weighted by molar-refractivity contribution is 0.0985. The van der Waals surface area contributed by atoms with Gasteiger partial charge in [-0.3, -0.25) is 4.79 Å². The molecule has 16 heavy (non-hydrogen) atoms. The molecular weight excluding hydrogens is 200 g/mol. The smallest absolute Gasteiger partial charge is 0.166 e. The highest BCUT2D eigenvalue weighted by atomic mass is 16.5. The maximum Gasteiger partial charge on any atom is 0.166 e. The molecule has 0 aliphatic rings. The first-order valence-corrected chi connectivity index (χ1v) is 5.45. The fraction of sp³-hybridized carbons (Fsp3) is 0.357. The Kier molecular flexibility index (Phi) is 4.29. The zero-order chi connectivity index (χ0) is 12.1. The van der Waals surface area contributed by atoms with Crippen LogP contribution in [0.3, 0.4) is 0 Å². The molecule has 0 N–H and O–H groups in total. The number of carbonyl (C=O) groups excluding carboxylic acids is 1. The monoisotopic (exact) mass is 218 g/mol. The van der Waals surface area contributed by atoms with Crippen LogP contribution in [0.15, 0.2) is 24.8 Å². The van der Waals surface area contributed by atoms with Crippen molar-refractivity contribution < 1.29 is 9.53 Å². The average Bonchev–Trinajstić information content (AvgIpc) is 2.27. The number of ether oxygens (including phenoxy) is 1. The van der Waals surface area contributed by atoms with E-state index in [2.05, 4.69) is 6.58 Å². The summed E-state index contributed by atoms with van der Waals surface area (Å²) in [7, 11) is 1.60. The molecule has 0 saturated carbocycles. The van der Waals surface area contributed by atoms with Crippen LogP contribution >= 0.6 is 0 Å². The van der Waals surface area contributed by atoms with Gasteiger partial charge in [0.1, 0.15) is 5.75 Å². The average molecular weight is 218 g/mol. The van der Waals surface area contributed by atoms with Crippen LogP contribution in [0.25, 0.3) is 0 Å². The Morgan fingerprint density at radius 1 is 1.50 bits per heavy atom. The van der Waals surface area contributed by atoms with E-state index in [0.717, 1.165) is 17.5 Å². The summed E-state index contributed by atoms with van der Waals surface area (Å²) in [6.45, 7) is 7.56. The summed E-state index contributed by atoms with van der Waals surface area (Å²) in [4.78, 5) is 11.8. The van der Waals surface area contributed by atoms with Crippen LogP contribution in [-0.4, -0.2) is 12.9 Å². The molecule has 0 atom stereocenters. The molecule has 0 aromatic heterocycles. The number of rotatable bonds is 5. The third-order valence-corrected chi connectivity index (χ3v) is 2.50. The van der Waals surface area contributed by atoms with Gasteiger partial charge >= 0.3 is 0 Å². The van der Waals surface area contributed by atoms with Crippen molar-refractivity contribution >= 4 is 5.78 Å². The molecule has 2 heteroatoms. The second kappa shape index (κ2) is 5.50. The standard InChI is InChI=1S/C14H18O2/c1-5-7-11-8-10(3)9-12(13(15)6-2)14(11)16-4/h5,8-9H,1,6-7H2,2-4H3. The topological polar surface area (TPSA) is 26.3 Å². The van der Waals surface area contributed by atoms with Crippen molar-refractivity contribution in [2.75, 3.05) is 7.11 Å². The molecule has 0 aliphatic heterocycles. The molecular formula is C14H18O2. The number of benzene rings is 1. The Morgan fingerprint density at radius 2 is 2.19 bits per heavy atom. The predicted molar refractivity (Wildman–Crippen MR) is 66.3 cm³/mol. The van der Waals surface area contributed by atoms with Crippen LogP contribution < -0.4 is 4.74 Å². The Morgan fingerprint density at radius 3 is 2.69 bits per heavy atom. The summed E-state index contributed by atoms with van der Waals surface area (Å²) >= 11 is 0. The van der Waals surface area contributed by atoms with Crippen LogP contribution in [0.1, 0.15) is 34.8 Å². The van der Waals surface area contributed by atoms with E-state index in [9.17, 15) is 4.79 Å². The van der Waals surface area contributed by atoms with Crippen molar-refractivity contribution in [3.8, 4) is 5.75 Å². The predicted octanol–water partition coefficient (Wildman–Crippen LogP) is 3.32. The maximum atomic E-state index is 11.8. The van der Waals surface area contributed by atoms with Gasteiger partial charge in [0, 0.05) is 6.42 Å². The summed E-state index contributed by atoms with van der Waals surface area (Å²) in [5.74, 6) is 0.809. The number of methoxy groups -OCH3 is 1. The van der Waals surface area contributed by atoms with Crippen LogP contribution in [-0.2, 0) is 6.42 Å². The second-order valence-corrected chi connectivity index (χ2v) is 3.77. The van der Waals surface area contributed by atoms with Crippen LogP contribution in [0.2, 0.25) is 0 Å². The number of Topliss-reactive ketones (excluding diaryl/α,β-unsaturated/α-hetero) is 1. The minimum absolute atomic E-state index is 0.117. The van der Waals surface area contributed by atoms with E-state index in [1.807, 2.05) is 32.1 Å². The third-order valence-electron chi connectivity index (χ3n) is 2.50. The molecule has 0 amide bonds. The minimum atomic E-state index is 0.117. The molecule has 2 nitrogen and oxygen atoms in total. The molecule has 0 spiro atoms. The van der Waals surface area contributed by atoms with E-state index in [1.54, 1.807) is 7.11 Å². The van der Waals surface area contributed by atoms with Gasteiger partial charge in [-0.2, -0.15) is 0 Å². The van der Waals surface area contributed by atoms with E-state index in [-0.39, 0.29) is 5.78 Å². The Labute approximate surface area is 96.9 Å². The van der Waals surface area contributed by atoms with Crippen LogP contribution in [0.4, 0.5) is 0 Å². The first-order chi connectivity index (χ1) is 7.63. The van der Waals surface area contributed by atoms with Crippen LogP contribution in [0, 0.1) is 6.92 Å². The zero-order valence-electron chi connectivity index (χ0n) is 10.2. The van der Waals surface area contributed by atoms with Gasteiger partial charge in [-0.05, 0) is 30.5 Å². The largest absolute Gasteiger partial charge is 0.496 e. The van der Waals surface area contributed by atoms with E-state index in [1.165, 1.54) is 0 Å². The van der Waals surface area contributed by atoms with Gasteiger partial charge < -0.3 is 4.74 Å². The number of carbonyl (C=O) groups is 1. The maximum absolute atomic E-state index is 11.8. The van der Waals surface area contributed by atoms with Gasteiger partial charge in [-0.25, -0.2) is 0 Å². The van der Waals surface area contributed by atoms with Gasteiger partial charge in [-0.1, -0.05) is 19.1 Å². The molecule has 0 heterocycles. The zero-order valence-corrected chi connectivity index (χ0v) is 10.2. The normalized spacial score (nSPS) is 9.94. The fourth-order valence-corrected chi connectivity index (χ4v) is 1.79. The lowest BCUT2D eigenvalue weighted by Crippen LogP contribution is -2.04. The van der Waals surface area contributed by atoms with Crippen LogP contribution in [0.5, 0.6) is 5.75 Å². The van der Waals surface area contributed by atoms with E-state index < -0.39 is 0 Å². The number of hydrogen-bond donors (Lipinski definition) is 0. The lowest BCUT2D eigenvalue weighted by atomic mass is 9.98.